The third kappa shape index (κ3) is 2.63. The normalized spacial score (nSPS) is 16.3. The van der Waals surface area contributed by atoms with E-state index in [0.29, 0.717) is 0 Å². The molecule has 0 spiro atoms. The number of hydrogen-bond donors (Lipinski definition) is 3. The van der Waals surface area contributed by atoms with Gasteiger partial charge in [-0.25, -0.2) is 20.8 Å². The second-order valence-corrected chi connectivity index (χ2v) is 3.98. The Morgan fingerprint density at radius 1 is 1.28 bits per heavy atom. The largest absolute Gasteiger partial charge is 0.355 e. The lowest BCUT2D eigenvalue weighted by atomic mass is 10.2. The van der Waals surface area contributed by atoms with Crippen LogP contribution in [0.2, 0.25) is 0 Å². The molecule has 0 unspecified atom stereocenters. The molecule has 1 aromatic rings. The first-order chi connectivity index (χ1) is 8.72. The van der Waals surface area contributed by atoms with E-state index in [9.17, 15) is 10.1 Å². The fourth-order valence-corrected chi connectivity index (χ4v) is 1.89. The Kier molecular flexibility index (Phi) is 3.85. The van der Waals surface area contributed by atoms with Crippen LogP contribution in [0.3, 0.4) is 0 Å². The molecule has 2 rings (SSSR count). The highest BCUT2D eigenvalue weighted by molar-refractivity contribution is 5.68. The Morgan fingerprint density at radius 3 is 2.56 bits per heavy atom. The maximum atomic E-state index is 11.0. The molecule has 9 nitrogen and oxygen atoms in total. The summed E-state index contributed by atoms with van der Waals surface area (Å²) in [5.74, 6) is 5.36. The molecular formula is C9H15N7O2. The third-order valence-corrected chi connectivity index (χ3v) is 2.76. The van der Waals surface area contributed by atoms with Crippen LogP contribution in [-0.2, 0) is 0 Å². The lowest BCUT2D eigenvalue weighted by molar-refractivity contribution is -0.383. The number of nitrogens with zero attached hydrogens (tertiary/aromatic N) is 4. The number of piperidine rings is 1. The van der Waals surface area contributed by atoms with Gasteiger partial charge in [0.15, 0.2) is 0 Å². The standard InChI is InChI=1S/C9H15N7O2/c10-13-8-7(16(17)18)9(12-6-11-8)14-15-4-2-1-3-5-15/h6H,1-5,10H2,(H2,11,12,13,14). The molecule has 4 N–H and O–H groups in total. The molecule has 18 heavy (non-hydrogen) atoms. The van der Waals surface area contributed by atoms with Crippen molar-refractivity contribution in [3.8, 4) is 0 Å². The summed E-state index contributed by atoms with van der Waals surface area (Å²) < 4.78 is 0. The summed E-state index contributed by atoms with van der Waals surface area (Å²) in [7, 11) is 0. The van der Waals surface area contributed by atoms with Gasteiger partial charge in [-0.15, -0.1) is 0 Å². The van der Waals surface area contributed by atoms with Gasteiger partial charge >= 0.3 is 5.69 Å². The number of hydrogen-bond acceptors (Lipinski definition) is 8. The lowest BCUT2D eigenvalue weighted by Gasteiger charge is -2.27. The Balaban J connectivity index is 2.23. The fraction of sp³-hybridized carbons (Fsp3) is 0.556. The first-order valence-electron chi connectivity index (χ1n) is 5.70. The molecule has 1 fully saturated rings. The quantitative estimate of drug-likeness (QED) is 0.402. The molecule has 0 amide bonds. The highest BCUT2D eigenvalue weighted by Crippen LogP contribution is 2.28. The smallest absolute Gasteiger partial charge is 0.303 e. The van der Waals surface area contributed by atoms with Crippen molar-refractivity contribution in [1.82, 2.24) is 15.0 Å². The van der Waals surface area contributed by atoms with Crippen LogP contribution in [0, 0.1) is 10.1 Å². The van der Waals surface area contributed by atoms with E-state index in [-0.39, 0.29) is 17.3 Å². The molecular weight excluding hydrogens is 238 g/mol. The zero-order valence-corrected chi connectivity index (χ0v) is 9.80. The van der Waals surface area contributed by atoms with E-state index in [1.54, 1.807) is 0 Å². The van der Waals surface area contributed by atoms with Gasteiger partial charge in [0.25, 0.3) is 0 Å². The number of nitrogens with one attached hydrogen (secondary N) is 2. The van der Waals surface area contributed by atoms with Crippen molar-refractivity contribution in [3.05, 3.63) is 16.4 Å². The van der Waals surface area contributed by atoms with Crippen LogP contribution in [-0.4, -0.2) is 33.0 Å². The predicted octanol–water partition coefficient (Wildman–Crippen LogP) is 0.483. The van der Waals surface area contributed by atoms with E-state index in [4.69, 9.17) is 5.84 Å². The maximum Gasteiger partial charge on any atom is 0.355 e. The Hall–Kier alpha value is -2.00. The van der Waals surface area contributed by atoms with Crippen molar-refractivity contribution >= 4 is 17.3 Å². The van der Waals surface area contributed by atoms with Crippen molar-refractivity contribution in [2.24, 2.45) is 5.84 Å². The molecule has 0 aromatic carbocycles. The average molecular weight is 253 g/mol. The molecule has 0 bridgehead atoms. The van der Waals surface area contributed by atoms with Gasteiger partial charge in [0.2, 0.25) is 11.6 Å². The molecule has 1 aliphatic rings. The van der Waals surface area contributed by atoms with Gasteiger partial charge in [0.05, 0.1) is 4.92 Å². The van der Waals surface area contributed by atoms with Crippen LogP contribution >= 0.6 is 0 Å². The van der Waals surface area contributed by atoms with Crippen LogP contribution in [0.4, 0.5) is 17.3 Å². The maximum absolute atomic E-state index is 11.0. The van der Waals surface area contributed by atoms with Gasteiger partial charge in [0, 0.05) is 13.1 Å². The topological polar surface area (TPSA) is 122 Å². The summed E-state index contributed by atoms with van der Waals surface area (Å²) >= 11 is 0. The molecule has 0 aliphatic carbocycles. The number of nitrogen functional groups attached to an aromatic ring is 1. The molecule has 1 saturated heterocycles. The van der Waals surface area contributed by atoms with Crippen LogP contribution in [0.25, 0.3) is 0 Å². The number of nitro groups is 1. The second kappa shape index (κ2) is 5.56. The van der Waals surface area contributed by atoms with Gasteiger partial charge in [-0.1, -0.05) is 6.42 Å². The number of rotatable bonds is 4. The van der Waals surface area contributed by atoms with Crippen molar-refractivity contribution in [2.75, 3.05) is 23.9 Å². The van der Waals surface area contributed by atoms with E-state index >= 15 is 0 Å². The Morgan fingerprint density at radius 2 is 1.94 bits per heavy atom. The van der Waals surface area contributed by atoms with Crippen molar-refractivity contribution in [3.63, 3.8) is 0 Å². The van der Waals surface area contributed by atoms with Crippen molar-refractivity contribution in [2.45, 2.75) is 19.3 Å². The fourth-order valence-electron chi connectivity index (χ4n) is 1.89. The van der Waals surface area contributed by atoms with Gasteiger partial charge in [0.1, 0.15) is 6.33 Å². The summed E-state index contributed by atoms with van der Waals surface area (Å²) in [6.45, 7) is 1.68. The molecule has 98 valence electrons. The first kappa shape index (κ1) is 12.5. The minimum atomic E-state index is -0.554. The number of hydrazine groups is 2. The summed E-state index contributed by atoms with van der Waals surface area (Å²) in [5.41, 5.74) is 4.91. The van der Waals surface area contributed by atoms with E-state index in [0.717, 1.165) is 25.9 Å². The molecule has 2 heterocycles. The van der Waals surface area contributed by atoms with Crippen LogP contribution in [0.5, 0.6) is 0 Å². The summed E-state index contributed by atoms with van der Waals surface area (Å²) in [4.78, 5) is 18.1. The lowest BCUT2D eigenvalue weighted by Crippen LogP contribution is -2.35. The molecule has 1 aliphatic heterocycles. The van der Waals surface area contributed by atoms with Crippen LogP contribution < -0.4 is 16.7 Å². The minimum Gasteiger partial charge on any atom is -0.303 e. The van der Waals surface area contributed by atoms with Gasteiger partial charge in [-0.05, 0) is 12.8 Å². The highest BCUT2D eigenvalue weighted by Gasteiger charge is 2.24. The number of anilines is 2. The zero-order chi connectivity index (χ0) is 13.0. The minimum absolute atomic E-state index is 0.00508. The SMILES string of the molecule is NNc1ncnc(NN2CCCCC2)c1[N+](=O)[O-]. The number of nitrogens with two attached hydrogens (primary N) is 1. The van der Waals surface area contributed by atoms with Gasteiger partial charge < -0.3 is 5.43 Å². The first-order valence-corrected chi connectivity index (χ1v) is 5.70. The summed E-state index contributed by atoms with van der Waals surface area (Å²) in [6.07, 6.45) is 4.54. The molecule has 0 saturated carbocycles. The third-order valence-electron chi connectivity index (χ3n) is 2.76. The van der Waals surface area contributed by atoms with Gasteiger partial charge in [-0.2, -0.15) is 0 Å². The van der Waals surface area contributed by atoms with Crippen molar-refractivity contribution < 1.29 is 4.92 Å². The van der Waals surface area contributed by atoms with E-state index < -0.39 is 4.92 Å². The molecule has 0 atom stereocenters. The predicted molar refractivity (Wildman–Crippen MR) is 65.5 cm³/mol. The zero-order valence-electron chi connectivity index (χ0n) is 9.80. The van der Waals surface area contributed by atoms with Gasteiger partial charge in [-0.3, -0.25) is 15.5 Å². The Bertz CT molecular complexity index is 433. The van der Waals surface area contributed by atoms with Crippen LogP contribution in [0.1, 0.15) is 19.3 Å². The number of aromatic nitrogens is 2. The van der Waals surface area contributed by atoms with Crippen molar-refractivity contribution in [1.29, 1.82) is 0 Å². The van der Waals surface area contributed by atoms with E-state index in [1.165, 1.54) is 12.7 Å². The van der Waals surface area contributed by atoms with Crippen LogP contribution in [0.15, 0.2) is 6.33 Å². The molecule has 9 heteroatoms. The highest BCUT2D eigenvalue weighted by atomic mass is 16.6. The summed E-state index contributed by atoms with van der Waals surface area (Å²) in [5, 5.41) is 12.9. The van der Waals surface area contributed by atoms with E-state index in [1.807, 2.05) is 5.01 Å². The molecule has 1 aromatic heterocycles. The summed E-state index contributed by atoms with van der Waals surface area (Å²) in [6, 6.07) is 0. The second-order valence-electron chi connectivity index (χ2n) is 3.98. The molecule has 0 radical (unpaired) electrons. The van der Waals surface area contributed by atoms with E-state index in [2.05, 4.69) is 20.8 Å². The monoisotopic (exact) mass is 253 g/mol. The Labute approximate surface area is 103 Å². The average Bonchev–Trinajstić information content (AvgIpc) is 2.39.